The molecule has 0 saturated carbocycles. The zero-order valence-electron chi connectivity index (χ0n) is 13.1. The largest absolute Gasteiger partial charge is 0.310 e. The molecule has 2 aromatic heterocycles. The van der Waals surface area contributed by atoms with Crippen molar-refractivity contribution < 1.29 is 9.18 Å². The number of thiazole rings is 1. The number of amides is 1. The van der Waals surface area contributed by atoms with Crippen LogP contribution in [-0.4, -0.2) is 15.5 Å². The van der Waals surface area contributed by atoms with Gasteiger partial charge in [-0.15, -0.1) is 11.3 Å². The first-order valence-corrected chi connectivity index (χ1v) is 8.57. The van der Waals surface area contributed by atoms with E-state index in [9.17, 15) is 14.0 Å². The highest BCUT2D eigenvalue weighted by molar-refractivity contribution is 7.13. The number of nitrogens with zero attached hydrogens (tertiary/aromatic N) is 2. The number of aromatic nitrogens is 2. The predicted molar refractivity (Wildman–Crippen MR) is 96.0 cm³/mol. The molecule has 0 bridgehead atoms. The van der Waals surface area contributed by atoms with Crippen molar-refractivity contribution in [2.24, 2.45) is 0 Å². The molecule has 3 aromatic rings. The van der Waals surface area contributed by atoms with Crippen molar-refractivity contribution in [3.8, 4) is 0 Å². The third-order valence-electron chi connectivity index (χ3n) is 3.49. The number of carbonyl (C=O) groups excluding carboxylic acids is 1. The Morgan fingerprint density at radius 1 is 1.36 bits per heavy atom. The second-order valence-electron chi connectivity index (χ2n) is 5.30. The number of aryl methyl sites for hydroxylation is 1. The topological polar surface area (TPSA) is 64.0 Å². The van der Waals surface area contributed by atoms with Crippen LogP contribution in [0.25, 0.3) is 0 Å². The monoisotopic (exact) mass is 377 g/mol. The molecule has 0 radical (unpaired) electrons. The summed E-state index contributed by atoms with van der Waals surface area (Å²) in [5.41, 5.74) is 0.384. The van der Waals surface area contributed by atoms with E-state index in [0.717, 1.165) is 5.69 Å². The second-order valence-corrected chi connectivity index (χ2v) is 6.57. The summed E-state index contributed by atoms with van der Waals surface area (Å²) in [6.07, 6.45) is 1.48. The van der Waals surface area contributed by atoms with E-state index in [1.54, 1.807) is 24.4 Å². The quantitative estimate of drug-likeness (QED) is 0.753. The van der Waals surface area contributed by atoms with Gasteiger partial charge in [0.15, 0.2) is 5.13 Å². The van der Waals surface area contributed by atoms with Gasteiger partial charge in [-0.1, -0.05) is 17.7 Å². The lowest BCUT2D eigenvalue weighted by Gasteiger charge is -2.10. The van der Waals surface area contributed by atoms with Gasteiger partial charge >= 0.3 is 0 Å². The molecular formula is C17H13ClFN3O2S. The molecule has 8 heteroatoms. The molecule has 1 N–H and O–H groups in total. The number of benzene rings is 1. The number of anilines is 1. The van der Waals surface area contributed by atoms with Gasteiger partial charge in [-0.05, 0) is 31.2 Å². The first kappa shape index (κ1) is 17.3. The molecule has 5 nitrogen and oxygen atoms in total. The van der Waals surface area contributed by atoms with Crippen molar-refractivity contribution >= 4 is 34.0 Å². The van der Waals surface area contributed by atoms with Crippen LogP contribution >= 0.6 is 22.9 Å². The molecule has 0 aliphatic rings. The molecule has 0 atom stereocenters. The van der Waals surface area contributed by atoms with Crippen LogP contribution in [0.4, 0.5) is 9.52 Å². The molecule has 1 aromatic carbocycles. The number of carbonyl (C=O) groups is 1. The normalized spacial score (nSPS) is 10.7. The molecule has 0 spiro atoms. The van der Waals surface area contributed by atoms with E-state index < -0.39 is 17.3 Å². The Bertz CT molecular complexity index is 979. The van der Waals surface area contributed by atoms with Crippen molar-refractivity contribution in [1.29, 1.82) is 0 Å². The highest BCUT2D eigenvalue weighted by atomic mass is 35.5. The fraction of sp³-hybridized carbons (Fsp3) is 0.118. The standard InChI is InChI=1S/C17H13ClFN3O2S/c1-10-9-25-17(20-10)21-15(23)11-4-3-7-22(16(11)24)8-12-13(18)5-2-6-14(12)19/h2-7,9H,8H2,1H3,(H,20,21,23). The summed E-state index contributed by atoms with van der Waals surface area (Å²) in [6, 6.07) is 7.28. The van der Waals surface area contributed by atoms with Crippen molar-refractivity contribution in [3.63, 3.8) is 0 Å². The van der Waals surface area contributed by atoms with Crippen LogP contribution in [0.2, 0.25) is 5.02 Å². The van der Waals surface area contributed by atoms with Crippen molar-refractivity contribution in [2.75, 3.05) is 5.32 Å². The van der Waals surface area contributed by atoms with E-state index in [1.807, 2.05) is 0 Å². The van der Waals surface area contributed by atoms with E-state index in [1.165, 1.54) is 40.3 Å². The highest BCUT2D eigenvalue weighted by Gasteiger charge is 2.15. The maximum atomic E-state index is 13.9. The van der Waals surface area contributed by atoms with Crippen molar-refractivity contribution in [1.82, 2.24) is 9.55 Å². The fourth-order valence-corrected chi connectivity index (χ4v) is 3.17. The van der Waals surface area contributed by atoms with Crippen molar-refractivity contribution in [3.05, 3.63) is 79.9 Å². The molecule has 2 heterocycles. The van der Waals surface area contributed by atoms with Crippen LogP contribution in [0.5, 0.6) is 0 Å². The average Bonchev–Trinajstić information content (AvgIpc) is 2.97. The number of hydrogen-bond acceptors (Lipinski definition) is 4. The zero-order valence-corrected chi connectivity index (χ0v) is 14.7. The number of halogens is 2. The first-order valence-electron chi connectivity index (χ1n) is 7.31. The minimum absolute atomic E-state index is 0.0529. The lowest BCUT2D eigenvalue weighted by molar-refractivity contribution is 0.102. The number of pyridine rings is 1. The zero-order chi connectivity index (χ0) is 18.0. The SMILES string of the molecule is Cc1csc(NC(=O)c2cccn(Cc3c(F)cccc3Cl)c2=O)n1. The van der Waals surface area contributed by atoms with Crippen LogP contribution in [0.3, 0.4) is 0 Å². The number of nitrogens with one attached hydrogen (secondary N) is 1. The summed E-state index contributed by atoms with van der Waals surface area (Å²) < 4.78 is 15.2. The molecule has 0 unspecified atom stereocenters. The van der Waals surface area contributed by atoms with E-state index in [2.05, 4.69) is 10.3 Å². The fourth-order valence-electron chi connectivity index (χ4n) is 2.26. The minimum Gasteiger partial charge on any atom is -0.310 e. The summed E-state index contributed by atoms with van der Waals surface area (Å²) in [5, 5.41) is 5.01. The molecule has 128 valence electrons. The number of rotatable bonds is 4. The van der Waals surface area contributed by atoms with Crippen molar-refractivity contribution in [2.45, 2.75) is 13.5 Å². The van der Waals surface area contributed by atoms with E-state index in [0.29, 0.717) is 5.13 Å². The van der Waals surface area contributed by atoms with Gasteiger partial charge < -0.3 is 4.57 Å². The van der Waals surface area contributed by atoms with Gasteiger partial charge in [-0.3, -0.25) is 14.9 Å². The Hall–Kier alpha value is -2.51. The van der Waals surface area contributed by atoms with Crippen LogP contribution in [-0.2, 0) is 6.54 Å². The molecule has 25 heavy (non-hydrogen) atoms. The van der Waals surface area contributed by atoms with Gasteiger partial charge in [-0.2, -0.15) is 0 Å². The Balaban J connectivity index is 1.90. The first-order chi connectivity index (χ1) is 12.0. The molecule has 0 fully saturated rings. The molecular weight excluding hydrogens is 365 g/mol. The van der Waals surface area contributed by atoms with Gasteiger partial charge in [0.05, 0.1) is 12.2 Å². The van der Waals surface area contributed by atoms with Crippen LogP contribution in [0, 0.1) is 12.7 Å². The summed E-state index contributed by atoms with van der Waals surface area (Å²) in [7, 11) is 0. The Labute approximate surface area is 151 Å². The van der Waals surface area contributed by atoms with E-state index in [-0.39, 0.29) is 22.7 Å². The molecule has 0 aliphatic carbocycles. The summed E-state index contributed by atoms with van der Waals surface area (Å²) in [5.74, 6) is -1.07. The average molecular weight is 378 g/mol. The Morgan fingerprint density at radius 2 is 2.16 bits per heavy atom. The Kier molecular flexibility index (Phi) is 4.96. The highest BCUT2D eigenvalue weighted by Crippen LogP contribution is 2.19. The van der Waals surface area contributed by atoms with Gasteiger partial charge in [0.2, 0.25) is 0 Å². The molecule has 3 rings (SSSR count). The van der Waals surface area contributed by atoms with Gasteiger partial charge in [0.1, 0.15) is 11.4 Å². The molecule has 0 saturated heterocycles. The van der Waals surface area contributed by atoms with Crippen LogP contribution in [0.1, 0.15) is 21.6 Å². The van der Waals surface area contributed by atoms with Crippen LogP contribution in [0.15, 0.2) is 46.7 Å². The Morgan fingerprint density at radius 3 is 2.84 bits per heavy atom. The maximum absolute atomic E-state index is 13.9. The summed E-state index contributed by atoms with van der Waals surface area (Å²) >= 11 is 7.27. The minimum atomic E-state index is -0.562. The lowest BCUT2D eigenvalue weighted by Crippen LogP contribution is -2.29. The smallest absolute Gasteiger partial charge is 0.263 e. The summed E-state index contributed by atoms with van der Waals surface area (Å²) in [4.78, 5) is 29.0. The van der Waals surface area contributed by atoms with Gasteiger partial charge in [-0.25, -0.2) is 9.37 Å². The summed E-state index contributed by atoms with van der Waals surface area (Å²) in [6.45, 7) is 1.74. The van der Waals surface area contributed by atoms with Crippen LogP contribution < -0.4 is 10.9 Å². The van der Waals surface area contributed by atoms with Gasteiger partial charge in [0, 0.05) is 22.2 Å². The van der Waals surface area contributed by atoms with E-state index >= 15 is 0 Å². The molecule has 1 amide bonds. The molecule has 0 aliphatic heterocycles. The number of hydrogen-bond donors (Lipinski definition) is 1. The maximum Gasteiger partial charge on any atom is 0.263 e. The third-order valence-corrected chi connectivity index (χ3v) is 4.72. The lowest BCUT2D eigenvalue weighted by atomic mass is 10.2. The predicted octanol–water partition coefficient (Wildman–Crippen LogP) is 3.71. The van der Waals surface area contributed by atoms with Gasteiger partial charge in [0.25, 0.3) is 11.5 Å². The second kappa shape index (κ2) is 7.16. The third kappa shape index (κ3) is 3.78. The van der Waals surface area contributed by atoms with E-state index in [4.69, 9.17) is 11.6 Å².